The number of para-hydroxylation sites is 2. The Morgan fingerprint density at radius 2 is 2.18 bits per heavy atom. The molecule has 2 N–H and O–H groups in total. The molecule has 2 saturated heterocycles. The second kappa shape index (κ2) is 7.61. The van der Waals surface area contributed by atoms with Gasteiger partial charge in [0.2, 0.25) is 11.8 Å². The Hall–Kier alpha value is -1.59. The van der Waals surface area contributed by atoms with Crippen LogP contribution < -0.4 is 15.5 Å². The molecule has 0 spiro atoms. The highest BCUT2D eigenvalue weighted by molar-refractivity contribution is 6.02. The van der Waals surface area contributed by atoms with Gasteiger partial charge in [-0.25, -0.2) is 0 Å². The number of amides is 2. The van der Waals surface area contributed by atoms with Crippen molar-refractivity contribution >= 4 is 35.6 Å². The summed E-state index contributed by atoms with van der Waals surface area (Å²) in [6.07, 6.45) is 3.07. The summed E-state index contributed by atoms with van der Waals surface area (Å²) in [5, 5.41) is 6.24. The number of hydrogen-bond acceptors (Lipinski definition) is 3. The zero-order valence-corrected chi connectivity index (χ0v) is 13.3. The number of anilines is 2. The van der Waals surface area contributed by atoms with E-state index in [4.69, 9.17) is 0 Å². The summed E-state index contributed by atoms with van der Waals surface area (Å²) in [6.45, 7) is 2.65. The van der Waals surface area contributed by atoms with Crippen molar-refractivity contribution in [1.82, 2.24) is 5.32 Å². The van der Waals surface area contributed by atoms with Gasteiger partial charge in [0.1, 0.15) is 0 Å². The van der Waals surface area contributed by atoms with Crippen molar-refractivity contribution in [3.05, 3.63) is 24.3 Å². The molecule has 1 unspecified atom stereocenters. The van der Waals surface area contributed by atoms with Crippen LogP contribution in [0.4, 0.5) is 11.4 Å². The van der Waals surface area contributed by atoms with Crippen LogP contribution in [0, 0.1) is 5.92 Å². The van der Waals surface area contributed by atoms with E-state index in [2.05, 4.69) is 10.6 Å². The molecule has 0 radical (unpaired) electrons. The fourth-order valence-corrected chi connectivity index (χ4v) is 3.07. The van der Waals surface area contributed by atoms with Crippen LogP contribution in [0.15, 0.2) is 24.3 Å². The minimum absolute atomic E-state index is 0. The summed E-state index contributed by atoms with van der Waals surface area (Å²) in [6, 6.07) is 7.55. The molecular weight excluding hydrogens is 302 g/mol. The van der Waals surface area contributed by atoms with Crippen LogP contribution in [0.5, 0.6) is 0 Å². The van der Waals surface area contributed by atoms with Crippen LogP contribution in [0.2, 0.25) is 0 Å². The third kappa shape index (κ3) is 3.78. The largest absolute Gasteiger partial charge is 0.324 e. The van der Waals surface area contributed by atoms with Gasteiger partial charge in [0.15, 0.2) is 0 Å². The Morgan fingerprint density at radius 1 is 1.36 bits per heavy atom. The minimum atomic E-state index is 0. The van der Waals surface area contributed by atoms with E-state index in [0.717, 1.165) is 43.9 Å². The van der Waals surface area contributed by atoms with Gasteiger partial charge in [0.25, 0.3) is 0 Å². The molecule has 3 rings (SSSR count). The summed E-state index contributed by atoms with van der Waals surface area (Å²) >= 11 is 0. The van der Waals surface area contributed by atoms with Crippen molar-refractivity contribution in [3.63, 3.8) is 0 Å². The average molecular weight is 324 g/mol. The lowest BCUT2D eigenvalue weighted by molar-refractivity contribution is -0.118. The molecule has 2 fully saturated rings. The molecule has 0 aliphatic carbocycles. The van der Waals surface area contributed by atoms with Crippen LogP contribution in [0.1, 0.15) is 25.7 Å². The predicted octanol–water partition coefficient (Wildman–Crippen LogP) is 2.17. The molecule has 22 heavy (non-hydrogen) atoms. The van der Waals surface area contributed by atoms with Crippen LogP contribution in [0.3, 0.4) is 0 Å². The molecule has 2 amide bonds. The second-order valence-electron chi connectivity index (χ2n) is 5.78. The van der Waals surface area contributed by atoms with Gasteiger partial charge < -0.3 is 15.5 Å². The number of carbonyl (C=O) groups is 2. The third-order valence-electron chi connectivity index (χ3n) is 4.18. The number of benzene rings is 1. The van der Waals surface area contributed by atoms with E-state index in [1.807, 2.05) is 24.3 Å². The second-order valence-corrected chi connectivity index (χ2v) is 5.78. The molecule has 2 aliphatic rings. The zero-order chi connectivity index (χ0) is 14.7. The predicted molar refractivity (Wildman–Crippen MR) is 89.5 cm³/mol. The molecule has 1 aromatic carbocycles. The minimum Gasteiger partial charge on any atom is -0.324 e. The summed E-state index contributed by atoms with van der Waals surface area (Å²) in [4.78, 5) is 25.8. The molecule has 120 valence electrons. The van der Waals surface area contributed by atoms with Gasteiger partial charge in [-0.2, -0.15) is 0 Å². The first-order valence-corrected chi connectivity index (χ1v) is 7.64. The van der Waals surface area contributed by atoms with Gasteiger partial charge in [0, 0.05) is 19.4 Å². The smallest absolute Gasteiger partial charge is 0.227 e. The number of nitrogens with zero attached hydrogens (tertiary/aromatic N) is 1. The van der Waals surface area contributed by atoms with E-state index in [1.165, 1.54) is 0 Å². The quantitative estimate of drug-likeness (QED) is 0.892. The molecule has 0 saturated carbocycles. The van der Waals surface area contributed by atoms with Crippen LogP contribution in [-0.2, 0) is 9.59 Å². The van der Waals surface area contributed by atoms with E-state index in [1.54, 1.807) is 4.90 Å². The molecule has 2 aliphatic heterocycles. The topological polar surface area (TPSA) is 61.4 Å². The van der Waals surface area contributed by atoms with Crippen molar-refractivity contribution < 1.29 is 9.59 Å². The Bertz CT molecular complexity index is 544. The number of hydrogen-bond donors (Lipinski definition) is 2. The highest BCUT2D eigenvalue weighted by Crippen LogP contribution is 2.29. The first kappa shape index (κ1) is 16.8. The van der Waals surface area contributed by atoms with E-state index in [9.17, 15) is 9.59 Å². The number of carbonyl (C=O) groups excluding carboxylic acids is 2. The number of halogens is 1. The van der Waals surface area contributed by atoms with E-state index in [-0.39, 0.29) is 24.2 Å². The Labute approximate surface area is 136 Å². The van der Waals surface area contributed by atoms with Crippen molar-refractivity contribution in [1.29, 1.82) is 0 Å². The average Bonchev–Trinajstić information content (AvgIpc) is 3.11. The fourth-order valence-electron chi connectivity index (χ4n) is 3.07. The summed E-state index contributed by atoms with van der Waals surface area (Å²) in [7, 11) is 0. The van der Waals surface area contributed by atoms with Crippen molar-refractivity contribution in [2.24, 2.45) is 5.92 Å². The van der Waals surface area contributed by atoms with E-state index in [0.29, 0.717) is 18.8 Å². The standard InChI is InChI=1S/C16H21N3O2.ClH/c20-15(10-12-7-8-17-11-12)18-13-4-1-2-5-14(13)19-9-3-6-16(19)21;/h1-2,4-5,12,17H,3,6-11H2,(H,18,20);1H. The van der Waals surface area contributed by atoms with Crippen molar-refractivity contribution in [3.8, 4) is 0 Å². The van der Waals surface area contributed by atoms with Gasteiger partial charge >= 0.3 is 0 Å². The molecule has 0 bridgehead atoms. The van der Waals surface area contributed by atoms with Crippen LogP contribution in [0.25, 0.3) is 0 Å². The lowest BCUT2D eigenvalue weighted by atomic mass is 10.0. The maximum Gasteiger partial charge on any atom is 0.227 e. The SMILES string of the molecule is Cl.O=C(CC1CCNC1)Nc1ccccc1N1CCCC1=O. The monoisotopic (exact) mass is 323 g/mol. The van der Waals surface area contributed by atoms with Crippen LogP contribution in [-0.4, -0.2) is 31.4 Å². The fraction of sp³-hybridized carbons (Fsp3) is 0.500. The van der Waals surface area contributed by atoms with Gasteiger partial charge in [-0.1, -0.05) is 12.1 Å². The van der Waals surface area contributed by atoms with E-state index >= 15 is 0 Å². The maximum atomic E-state index is 12.2. The molecule has 2 heterocycles. The Kier molecular flexibility index (Phi) is 5.80. The molecule has 5 nitrogen and oxygen atoms in total. The number of nitrogens with one attached hydrogen (secondary N) is 2. The first-order chi connectivity index (χ1) is 10.2. The summed E-state index contributed by atoms with van der Waals surface area (Å²) in [5.41, 5.74) is 1.56. The lowest BCUT2D eigenvalue weighted by Gasteiger charge is -2.20. The molecular formula is C16H22ClN3O2. The van der Waals surface area contributed by atoms with E-state index < -0.39 is 0 Å². The third-order valence-corrected chi connectivity index (χ3v) is 4.18. The summed E-state index contributed by atoms with van der Waals surface area (Å²) < 4.78 is 0. The van der Waals surface area contributed by atoms with Crippen molar-refractivity contribution in [2.45, 2.75) is 25.7 Å². The molecule has 0 aromatic heterocycles. The highest BCUT2D eigenvalue weighted by Gasteiger charge is 2.24. The molecule has 1 aromatic rings. The van der Waals surface area contributed by atoms with Gasteiger partial charge in [-0.15, -0.1) is 12.4 Å². The lowest BCUT2D eigenvalue weighted by Crippen LogP contribution is -2.26. The molecule has 6 heteroatoms. The zero-order valence-electron chi connectivity index (χ0n) is 12.5. The summed E-state index contributed by atoms with van der Waals surface area (Å²) in [5.74, 6) is 0.588. The first-order valence-electron chi connectivity index (χ1n) is 7.64. The van der Waals surface area contributed by atoms with Crippen LogP contribution >= 0.6 is 12.4 Å². The molecule has 1 atom stereocenters. The van der Waals surface area contributed by atoms with Crippen molar-refractivity contribution in [2.75, 3.05) is 29.9 Å². The Balaban J connectivity index is 0.00000176. The van der Waals surface area contributed by atoms with Gasteiger partial charge in [0.05, 0.1) is 11.4 Å². The Morgan fingerprint density at radius 3 is 2.86 bits per heavy atom. The number of rotatable bonds is 4. The van der Waals surface area contributed by atoms with Gasteiger partial charge in [-0.3, -0.25) is 9.59 Å². The normalized spacial score (nSPS) is 20.8. The van der Waals surface area contributed by atoms with Gasteiger partial charge in [-0.05, 0) is 44.0 Å². The highest BCUT2D eigenvalue weighted by atomic mass is 35.5. The maximum absolute atomic E-state index is 12.2.